The third-order valence-electron chi connectivity index (χ3n) is 13.0. The van der Waals surface area contributed by atoms with Gasteiger partial charge < -0.3 is 14.4 Å². The van der Waals surface area contributed by atoms with Crippen molar-refractivity contribution in [3.63, 3.8) is 0 Å². The lowest BCUT2D eigenvalue weighted by atomic mass is 9.43. The highest BCUT2D eigenvalue weighted by molar-refractivity contribution is 8.05. The van der Waals surface area contributed by atoms with Gasteiger partial charge in [-0.3, -0.25) is 0 Å². The Balaban J connectivity index is 1.23. The van der Waals surface area contributed by atoms with Gasteiger partial charge in [0.15, 0.2) is 5.75 Å². The first-order chi connectivity index (χ1) is 26.7. The molecule has 6 heteroatoms. The molecule has 0 atom stereocenters. The minimum absolute atomic E-state index is 0.0686. The molecule has 4 aliphatic heterocycles. The van der Waals surface area contributed by atoms with Crippen LogP contribution in [0.15, 0.2) is 141 Å². The minimum atomic E-state index is -0.0686. The first-order valence-corrected chi connectivity index (χ1v) is 21.1. The molecular weight excluding hydrogens is 707 g/mol. The number of rotatable bonds is 1. The SMILES string of the molecule is Cc1cc2c(cc1N1c3cc4c(cc3B3c5c(cc6ccccc6c51)-c1cccc5c1N3c1ccccc1O5)Sc1ccccc1S4)C(C)(C)CCC2(C)C. The fourth-order valence-electron chi connectivity index (χ4n) is 10.1. The summed E-state index contributed by atoms with van der Waals surface area (Å²) >= 11 is 3.81. The van der Waals surface area contributed by atoms with Crippen molar-refractivity contribution in [1.82, 2.24) is 0 Å². The van der Waals surface area contributed by atoms with Crippen molar-refractivity contribution in [2.45, 2.75) is 77.9 Å². The Morgan fingerprint density at radius 1 is 0.582 bits per heavy atom. The fourth-order valence-corrected chi connectivity index (χ4v) is 12.4. The summed E-state index contributed by atoms with van der Waals surface area (Å²) in [4.78, 5) is 10.6. The standard InChI is InChI=1S/C49H39BN2OS2/c1-28-23-33-34(49(4,5)22-21-48(33,2)3)25-37(28)51-38-27-44-43(54-41-19-10-11-20-42(41)55-44)26-35(38)50-45-32(24-29-13-6-7-14-30(29)47(45)51)31-15-12-18-40-46(31)52(50)36-16-8-9-17-39(36)53-40/h6-20,23-27H,21-22H2,1-5H3. The molecule has 3 nitrogen and oxygen atoms in total. The van der Waals surface area contributed by atoms with E-state index in [0.29, 0.717) is 0 Å². The maximum absolute atomic E-state index is 6.72. The van der Waals surface area contributed by atoms with Crippen molar-refractivity contribution in [3.8, 4) is 22.6 Å². The Morgan fingerprint density at radius 2 is 1.25 bits per heavy atom. The number of nitrogens with zero attached hydrogens (tertiary/aromatic N) is 2. The van der Waals surface area contributed by atoms with Crippen LogP contribution in [0.4, 0.5) is 28.4 Å². The van der Waals surface area contributed by atoms with E-state index in [1.165, 1.54) is 99.0 Å². The molecule has 0 saturated carbocycles. The van der Waals surface area contributed by atoms with E-state index >= 15 is 0 Å². The number of fused-ring (bicyclic) bond motifs is 11. The van der Waals surface area contributed by atoms with E-state index < -0.39 is 0 Å². The van der Waals surface area contributed by atoms with Crippen LogP contribution in [0.2, 0.25) is 0 Å². The van der Waals surface area contributed by atoms with Crippen molar-refractivity contribution < 1.29 is 4.74 Å². The third-order valence-corrected chi connectivity index (χ3v) is 15.5. The number of hydrogen-bond donors (Lipinski definition) is 0. The van der Waals surface area contributed by atoms with Crippen LogP contribution < -0.4 is 25.4 Å². The van der Waals surface area contributed by atoms with E-state index in [-0.39, 0.29) is 17.7 Å². The predicted molar refractivity (Wildman–Crippen MR) is 232 cm³/mol. The van der Waals surface area contributed by atoms with Gasteiger partial charge in [0.25, 0.3) is 0 Å². The van der Waals surface area contributed by atoms with Gasteiger partial charge in [0.2, 0.25) is 0 Å². The Morgan fingerprint density at radius 3 is 2.05 bits per heavy atom. The largest absolute Gasteiger partial charge is 0.453 e. The Hall–Kier alpha value is -5.04. The van der Waals surface area contributed by atoms with Crippen LogP contribution in [-0.4, -0.2) is 6.85 Å². The monoisotopic (exact) mass is 746 g/mol. The molecule has 12 rings (SSSR count). The summed E-state index contributed by atoms with van der Waals surface area (Å²) in [7, 11) is 0. The molecule has 1 aliphatic carbocycles. The molecule has 0 saturated heterocycles. The lowest BCUT2D eigenvalue weighted by molar-refractivity contribution is 0.332. The van der Waals surface area contributed by atoms with Crippen LogP contribution in [0.1, 0.15) is 57.2 Å². The molecular formula is C49H39BN2OS2. The highest BCUT2D eigenvalue weighted by atomic mass is 32.2. The molecule has 0 unspecified atom stereocenters. The summed E-state index contributed by atoms with van der Waals surface area (Å²) in [6.45, 7) is 12.1. The van der Waals surface area contributed by atoms with Crippen molar-refractivity contribution in [3.05, 3.63) is 138 Å². The van der Waals surface area contributed by atoms with Gasteiger partial charge in [-0.05, 0) is 124 Å². The lowest BCUT2D eigenvalue weighted by Gasteiger charge is -2.49. The van der Waals surface area contributed by atoms with Gasteiger partial charge in [-0.25, -0.2) is 0 Å². The van der Waals surface area contributed by atoms with Gasteiger partial charge in [-0.2, -0.15) is 0 Å². The molecule has 0 spiro atoms. The maximum Gasteiger partial charge on any atom is 0.333 e. The number of ether oxygens (including phenoxy) is 1. The molecule has 0 N–H and O–H groups in total. The van der Waals surface area contributed by atoms with E-state index in [2.05, 4.69) is 166 Å². The molecule has 4 heterocycles. The average Bonchev–Trinajstić information content (AvgIpc) is 3.19. The lowest BCUT2D eigenvalue weighted by Crippen LogP contribution is -2.62. The van der Waals surface area contributed by atoms with Gasteiger partial charge >= 0.3 is 6.85 Å². The second kappa shape index (κ2) is 11.1. The Labute approximate surface area is 331 Å². The van der Waals surface area contributed by atoms with Gasteiger partial charge in [-0.1, -0.05) is 118 Å². The van der Waals surface area contributed by atoms with Crippen molar-refractivity contribution in [1.29, 1.82) is 0 Å². The quantitative estimate of drug-likeness (QED) is 0.155. The van der Waals surface area contributed by atoms with E-state index in [1.54, 1.807) is 0 Å². The maximum atomic E-state index is 6.72. The normalized spacial score (nSPS) is 17.2. The first-order valence-electron chi connectivity index (χ1n) is 19.5. The molecule has 0 bridgehead atoms. The molecule has 0 radical (unpaired) electrons. The molecule has 5 aliphatic rings. The molecule has 266 valence electrons. The topological polar surface area (TPSA) is 15.7 Å². The number of hydrogen-bond acceptors (Lipinski definition) is 5. The molecule has 7 aromatic carbocycles. The van der Waals surface area contributed by atoms with E-state index in [9.17, 15) is 0 Å². The van der Waals surface area contributed by atoms with Crippen molar-refractivity contribution in [2.75, 3.05) is 9.71 Å². The predicted octanol–water partition coefficient (Wildman–Crippen LogP) is 12.9. The number of para-hydroxylation sites is 3. The first kappa shape index (κ1) is 32.2. The van der Waals surface area contributed by atoms with E-state index in [0.717, 1.165) is 22.9 Å². The molecule has 0 amide bonds. The van der Waals surface area contributed by atoms with Gasteiger partial charge in [0, 0.05) is 41.9 Å². The minimum Gasteiger partial charge on any atom is -0.453 e. The molecule has 55 heavy (non-hydrogen) atoms. The summed E-state index contributed by atoms with van der Waals surface area (Å²) in [5.41, 5.74) is 15.8. The van der Waals surface area contributed by atoms with Gasteiger partial charge in [0.05, 0.1) is 17.1 Å². The van der Waals surface area contributed by atoms with Crippen LogP contribution >= 0.6 is 23.5 Å². The van der Waals surface area contributed by atoms with Gasteiger partial charge in [0.1, 0.15) is 5.75 Å². The number of benzene rings is 7. The van der Waals surface area contributed by atoms with Crippen LogP contribution in [0.5, 0.6) is 11.5 Å². The van der Waals surface area contributed by atoms with E-state index in [1.807, 2.05) is 23.5 Å². The summed E-state index contributed by atoms with van der Waals surface area (Å²) in [5, 5.41) is 2.53. The summed E-state index contributed by atoms with van der Waals surface area (Å²) < 4.78 is 6.72. The third kappa shape index (κ3) is 4.38. The van der Waals surface area contributed by atoms with Crippen LogP contribution in [0.3, 0.4) is 0 Å². The molecule has 0 fully saturated rings. The zero-order valence-electron chi connectivity index (χ0n) is 31.7. The number of anilines is 5. The highest BCUT2D eigenvalue weighted by Gasteiger charge is 2.49. The average molecular weight is 747 g/mol. The summed E-state index contributed by atoms with van der Waals surface area (Å²) in [6, 6.07) is 45.7. The molecule has 0 aromatic heterocycles. The highest BCUT2D eigenvalue weighted by Crippen LogP contribution is 2.58. The zero-order valence-corrected chi connectivity index (χ0v) is 33.3. The fraction of sp³-hybridized carbons (Fsp3) is 0.184. The zero-order chi connectivity index (χ0) is 37.0. The Bertz CT molecular complexity index is 2860. The van der Waals surface area contributed by atoms with Gasteiger partial charge in [-0.15, -0.1) is 0 Å². The second-order valence-electron chi connectivity index (χ2n) is 17.2. The molecule has 7 aromatic rings. The summed E-state index contributed by atoms with van der Waals surface area (Å²) in [5.74, 6) is 1.81. The number of aryl methyl sites for hydroxylation is 1. The van der Waals surface area contributed by atoms with Crippen molar-refractivity contribution >= 4 is 80.5 Å². The van der Waals surface area contributed by atoms with Crippen LogP contribution in [0, 0.1) is 6.92 Å². The summed E-state index contributed by atoms with van der Waals surface area (Å²) in [6.07, 6.45) is 2.37. The smallest absolute Gasteiger partial charge is 0.333 e. The van der Waals surface area contributed by atoms with E-state index in [4.69, 9.17) is 4.74 Å². The van der Waals surface area contributed by atoms with Crippen LogP contribution in [0.25, 0.3) is 21.9 Å². The van der Waals surface area contributed by atoms with Crippen molar-refractivity contribution in [2.24, 2.45) is 0 Å². The van der Waals surface area contributed by atoms with Crippen LogP contribution in [-0.2, 0) is 10.8 Å². The second-order valence-corrected chi connectivity index (χ2v) is 19.4. The Kier molecular flexibility index (Phi) is 6.48.